The molecule has 0 fully saturated rings. The van der Waals surface area contributed by atoms with Gasteiger partial charge in [-0.25, -0.2) is 4.99 Å². The summed E-state index contributed by atoms with van der Waals surface area (Å²) in [5.74, 6) is -0.209. The third kappa shape index (κ3) is 2.95. The Balaban J connectivity index is 1.59. The van der Waals surface area contributed by atoms with Crippen LogP contribution in [0.4, 0.5) is 10.8 Å². The van der Waals surface area contributed by atoms with E-state index in [9.17, 15) is 4.79 Å². The number of rotatable bonds is 3. The van der Waals surface area contributed by atoms with Crippen LogP contribution in [0.1, 0.15) is 11.1 Å². The van der Waals surface area contributed by atoms with E-state index in [1.54, 1.807) is 0 Å². The molecule has 118 valence electrons. The number of hydrogen-bond acceptors (Lipinski definition) is 6. The van der Waals surface area contributed by atoms with E-state index in [1.807, 2.05) is 36.4 Å². The minimum atomic E-state index is -0.209. The van der Waals surface area contributed by atoms with Crippen LogP contribution in [-0.2, 0) is 4.79 Å². The van der Waals surface area contributed by atoms with Crippen molar-refractivity contribution in [2.45, 2.75) is 16.2 Å². The van der Waals surface area contributed by atoms with Gasteiger partial charge < -0.3 is 5.32 Å². The van der Waals surface area contributed by atoms with Crippen molar-refractivity contribution in [1.29, 1.82) is 0 Å². The van der Waals surface area contributed by atoms with E-state index in [4.69, 9.17) is 0 Å². The van der Waals surface area contributed by atoms with Crippen LogP contribution in [0.25, 0.3) is 0 Å². The highest BCUT2D eigenvalue weighted by molar-refractivity contribution is 8.01. The zero-order chi connectivity index (χ0) is 16.5. The summed E-state index contributed by atoms with van der Waals surface area (Å²) in [5, 5.41) is 11.5. The number of anilines is 1. The summed E-state index contributed by atoms with van der Waals surface area (Å²) < 4.78 is 0.796. The lowest BCUT2D eigenvalue weighted by molar-refractivity contribution is -0.110. The Bertz CT molecular complexity index is 947. The lowest BCUT2D eigenvalue weighted by Crippen LogP contribution is -2.13. The molecule has 0 spiro atoms. The van der Waals surface area contributed by atoms with E-state index in [-0.39, 0.29) is 5.91 Å². The predicted octanol–water partition coefficient (Wildman–Crippen LogP) is 4.07. The van der Waals surface area contributed by atoms with Crippen LogP contribution in [0.15, 0.2) is 62.8 Å². The zero-order valence-corrected chi connectivity index (χ0v) is 14.3. The molecule has 4 rings (SSSR count). The lowest BCUT2D eigenvalue weighted by Gasteiger charge is -1.96. The molecule has 5 nitrogen and oxygen atoms in total. The van der Waals surface area contributed by atoms with Gasteiger partial charge in [-0.15, -0.1) is 10.2 Å². The first-order valence-corrected chi connectivity index (χ1v) is 8.90. The van der Waals surface area contributed by atoms with Gasteiger partial charge in [0.15, 0.2) is 4.34 Å². The highest BCUT2D eigenvalue weighted by Gasteiger charge is 2.25. The normalized spacial score (nSPS) is 14.7. The average Bonchev–Trinajstić information content (AvgIpc) is 3.15. The Hall–Kier alpha value is -2.51. The van der Waals surface area contributed by atoms with Gasteiger partial charge in [-0.1, -0.05) is 59.0 Å². The Labute approximate surface area is 146 Å². The molecule has 1 aromatic heterocycles. The maximum absolute atomic E-state index is 12.1. The fourth-order valence-electron chi connectivity index (χ4n) is 2.31. The monoisotopic (exact) mass is 352 g/mol. The van der Waals surface area contributed by atoms with Crippen LogP contribution in [0.3, 0.4) is 0 Å². The summed E-state index contributed by atoms with van der Waals surface area (Å²) in [7, 11) is 0. The van der Waals surface area contributed by atoms with Gasteiger partial charge in [-0.3, -0.25) is 4.79 Å². The highest BCUT2D eigenvalue weighted by Crippen LogP contribution is 2.34. The number of aromatic nitrogens is 2. The molecule has 1 N–H and O–H groups in total. The number of nitrogens with zero attached hydrogens (tertiary/aromatic N) is 3. The van der Waals surface area contributed by atoms with Gasteiger partial charge in [0, 0.05) is 10.5 Å². The number of benzene rings is 2. The van der Waals surface area contributed by atoms with Crippen molar-refractivity contribution in [3.05, 3.63) is 59.7 Å². The molecular formula is C17H12N4OS2. The number of amides is 1. The Morgan fingerprint density at radius 3 is 2.71 bits per heavy atom. The number of carbonyl (C=O) groups is 1. The van der Waals surface area contributed by atoms with Gasteiger partial charge in [-0.05, 0) is 25.1 Å². The third-order valence-electron chi connectivity index (χ3n) is 3.47. The van der Waals surface area contributed by atoms with Gasteiger partial charge >= 0.3 is 0 Å². The number of para-hydroxylation sites is 1. The van der Waals surface area contributed by atoms with Gasteiger partial charge in [0.1, 0.15) is 5.71 Å². The summed E-state index contributed by atoms with van der Waals surface area (Å²) in [6.07, 6.45) is 0. The van der Waals surface area contributed by atoms with Crippen molar-refractivity contribution in [1.82, 2.24) is 10.2 Å². The number of hydrogen-bond donors (Lipinski definition) is 1. The quantitative estimate of drug-likeness (QED) is 0.771. The zero-order valence-electron chi connectivity index (χ0n) is 12.7. The molecule has 2 heterocycles. The molecule has 0 radical (unpaired) electrons. The number of carbonyl (C=O) groups excluding carboxylic acids is 1. The molecule has 1 aliphatic rings. The van der Waals surface area contributed by atoms with Gasteiger partial charge in [-0.2, -0.15) is 0 Å². The Kier molecular flexibility index (Phi) is 3.87. The molecular weight excluding hydrogens is 340 g/mol. The SMILES string of the molecule is Cc1ccc(Sc2nnc(/N=C3\C(=O)Nc4ccccc43)s2)cc1. The second-order valence-corrected chi connectivity index (χ2v) is 7.50. The summed E-state index contributed by atoms with van der Waals surface area (Å²) >= 11 is 2.91. The van der Waals surface area contributed by atoms with E-state index >= 15 is 0 Å². The minimum absolute atomic E-state index is 0.209. The maximum atomic E-state index is 12.1. The van der Waals surface area contributed by atoms with Crippen LogP contribution in [0, 0.1) is 6.92 Å². The third-order valence-corrected chi connectivity index (χ3v) is 5.35. The Morgan fingerprint density at radius 1 is 1.08 bits per heavy atom. The van der Waals surface area contributed by atoms with Crippen LogP contribution in [0.2, 0.25) is 0 Å². The van der Waals surface area contributed by atoms with Crippen LogP contribution in [-0.4, -0.2) is 21.8 Å². The molecule has 24 heavy (non-hydrogen) atoms. The van der Waals surface area contributed by atoms with Crippen molar-refractivity contribution in [2.24, 2.45) is 4.99 Å². The number of aliphatic imine (C=N–C) groups is 1. The van der Waals surface area contributed by atoms with Crippen LogP contribution in [0.5, 0.6) is 0 Å². The molecule has 0 unspecified atom stereocenters. The molecule has 0 aliphatic carbocycles. The molecule has 1 aliphatic heterocycles. The number of nitrogens with one attached hydrogen (secondary N) is 1. The minimum Gasteiger partial charge on any atom is -0.320 e. The van der Waals surface area contributed by atoms with Crippen molar-refractivity contribution in [2.75, 3.05) is 5.32 Å². The Morgan fingerprint density at radius 2 is 1.88 bits per heavy atom. The molecule has 0 saturated heterocycles. The first kappa shape index (κ1) is 15.0. The molecule has 0 bridgehead atoms. The molecule has 7 heteroatoms. The molecule has 2 aromatic carbocycles. The maximum Gasteiger partial charge on any atom is 0.275 e. The van der Waals surface area contributed by atoms with Crippen LogP contribution >= 0.6 is 23.1 Å². The topological polar surface area (TPSA) is 67.2 Å². The molecule has 0 saturated carbocycles. The van der Waals surface area contributed by atoms with Gasteiger partial charge in [0.2, 0.25) is 5.13 Å². The van der Waals surface area contributed by atoms with Crippen molar-refractivity contribution in [3.63, 3.8) is 0 Å². The second kappa shape index (κ2) is 6.18. The molecule has 3 aromatic rings. The fraction of sp³-hybridized carbons (Fsp3) is 0.0588. The van der Waals surface area contributed by atoms with E-state index in [1.165, 1.54) is 28.7 Å². The summed E-state index contributed by atoms with van der Waals surface area (Å²) in [6, 6.07) is 15.7. The summed E-state index contributed by atoms with van der Waals surface area (Å²) in [4.78, 5) is 17.6. The van der Waals surface area contributed by atoms with Gasteiger partial charge in [0.05, 0.1) is 5.69 Å². The fourth-order valence-corrected chi connectivity index (χ4v) is 4.00. The number of aryl methyl sites for hydroxylation is 1. The lowest BCUT2D eigenvalue weighted by atomic mass is 10.1. The first-order chi connectivity index (χ1) is 11.7. The van der Waals surface area contributed by atoms with Crippen molar-refractivity contribution >= 4 is 45.5 Å². The smallest absolute Gasteiger partial charge is 0.275 e. The molecule has 1 amide bonds. The summed E-state index contributed by atoms with van der Waals surface area (Å²) in [5.41, 5.74) is 3.17. The second-order valence-electron chi connectivity index (χ2n) is 5.23. The van der Waals surface area contributed by atoms with E-state index in [2.05, 4.69) is 39.6 Å². The number of fused-ring (bicyclic) bond motifs is 1. The summed E-state index contributed by atoms with van der Waals surface area (Å²) in [6.45, 7) is 2.05. The first-order valence-electron chi connectivity index (χ1n) is 7.26. The van der Waals surface area contributed by atoms with Crippen molar-refractivity contribution < 1.29 is 4.79 Å². The average molecular weight is 352 g/mol. The van der Waals surface area contributed by atoms with E-state index in [0.717, 1.165) is 20.5 Å². The molecule has 0 atom stereocenters. The standard InChI is InChI=1S/C17H12N4OS2/c1-10-6-8-11(9-7-10)23-17-21-20-16(24-17)19-14-12-4-2-3-5-13(12)18-15(14)22/h2-9H,1H3,(H,18,19,20,22). The predicted molar refractivity (Wildman–Crippen MR) is 96.5 cm³/mol. The van der Waals surface area contributed by atoms with E-state index < -0.39 is 0 Å². The van der Waals surface area contributed by atoms with Crippen LogP contribution < -0.4 is 5.32 Å². The van der Waals surface area contributed by atoms with Gasteiger partial charge in [0.25, 0.3) is 5.91 Å². The van der Waals surface area contributed by atoms with Crippen molar-refractivity contribution in [3.8, 4) is 0 Å². The van der Waals surface area contributed by atoms with E-state index in [0.29, 0.717) is 10.8 Å². The largest absolute Gasteiger partial charge is 0.320 e. The highest BCUT2D eigenvalue weighted by atomic mass is 32.2.